The zero-order chi connectivity index (χ0) is 16.0. The standard InChI is InChI=1S/C15H20ClNO4/c1-9(2)6-12(15(19)20)17-14(18)8-10-7-11(16)4-5-13(10)21-3/h4-5,7,9,12H,6,8H2,1-3H3,(H,17,18)(H,19,20)/t12-/m1/s1. The summed E-state index contributed by atoms with van der Waals surface area (Å²) in [6.45, 7) is 3.81. The number of aliphatic carboxylic acids is 1. The van der Waals surface area contributed by atoms with Crippen LogP contribution in [0.15, 0.2) is 18.2 Å². The molecule has 0 unspecified atom stereocenters. The van der Waals surface area contributed by atoms with Crippen molar-refractivity contribution >= 4 is 23.5 Å². The Balaban J connectivity index is 2.76. The Bertz CT molecular complexity index is 516. The molecule has 2 N–H and O–H groups in total. The Morgan fingerprint density at radius 2 is 2.05 bits per heavy atom. The van der Waals surface area contributed by atoms with Gasteiger partial charge in [-0.05, 0) is 30.5 Å². The molecule has 0 fully saturated rings. The minimum atomic E-state index is -1.03. The van der Waals surface area contributed by atoms with Gasteiger partial charge < -0.3 is 15.2 Å². The molecule has 1 amide bonds. The van der Waals surface area contributed by atoms with Crippen molar-refractivity contribution in [2.45, 2.75) is 32.7 Å². The van der Waals surface area contributed by atoms with Crippen molar-refractivity contribution in [2.75, 3.05) is 7.11 Å². The van der Waals surface area contributed by atoms with Gasteiger partial charge in [0.1, 0.15) is 11.8 Å². The highest BCUT2D eigenvalue weighted by Crippen LogP contribution is 2.23. The van der Waals surface area contributed by atoms with Crippen LogP contribution in [-0.2, 0) is 16.0 Å². The molecule has 1 atom stereocenters. The predicted octanol–water partition coefficient (Wildman–Crippen LogP) is 2.51. The van der Waals surface area contributed by atoms with Crippen LogP contribution in [0.4, 0.5) is 0 Å². The summed E-state index contributed by atoms with van der Waals surface area (Å²) in [5, 5.41) is 12.1. The Hall–Kier alpha value is -1.75. The number of ether oxygens (including phenoxy) is 1. The van der Waals surface area contributed by atoms with Crippen molar-refractivity contribution in [3.05, 3.63) is 28.8 Å². The largest absolute Gasteiger partial charge is 0.496 e. The summed E-state index contributed by atoms with van der Waals surface area (Å²) in [7, 11) is 1.50. The number of hydrogen-bond acceptors (Lipinski definition) is 3. The number of nitrogens with one attached hydrogen (secondary N) is 1. The summed E-state index contributed by atoms with van der Waals surface area (Å²) in [6.07, 6.45) is 0.402. The average molecular weight is 314 g/mol. The van der Waals surface area contributed by atoms with E-state index >= 15 is 0 Å². The fraction of sp³-hybridized carbons (Fsp3) is 0.467. The minimum Gasteiger partial charge on any atom is -0.496 e. The second-order valence-corrected chi connectivity index (χ2v) is 5.66. The molecular formula is C15H20ClNO4. The van der Waals surface area contributed by atoms with E-state index in [0.717, 1.165) is 0 Å². The van der Waals surface area contributed by atoms with E-state index in [2.05, 4.69) is 5.32 Å². The van der Waals surface area contributed by atoms with Crippen LogP contribution in [0, 0.1) is 5.92 Å². The molecule has 1 aromatic carbocycles. The van der Waals surface area contributed by atoms with Gasteiger partial charge in [-0.2, -0.15) is 0 Å². The predicted molar refractivity (Wildman–Crippen MR) is 80.7 cm³/mol. The molecule has 116 valence electrons. The normalized spacial score (nSPS) is 12.0. The van der Waals surface area contributed by atoms with E-state index < -0.39 is 12.0 Å². The van der Waals surface area contributed by atoms with Crippen LogP contribution in [0.3, 0.4) is 0 Å². The summed E-state index contributed by atoms with van der Waals surface area (Å²) in [5.41, 5.74) is 0.621. The first-order chi connectivity index (χ1) is 9.83. The van der Waals surface area contributed by atoms with Crippen molar-refractivity contribution < 1.29 is 19.4 Å². The number of carboxylic acids is 1. The van der Waals surface area contributed by atoms with Gasteiger partial charge in [-0.15, -0.1) is 0 Å². The average Bonchev–Trinajstić information content (AvgIpc) is 2.37. The van der Waals surface area contributed by atoms with Crippen molar-refractivity contribution in [3.63, 3.8) is 0 Å². The number of carbonyl (C=O) groups excluding carboxylic acids is 1. The van der Waals surface area contributed by atoms with Crippen LogP contribution in [0.1, 0.15) is 25.8 Å². The number of halogens is 1. The molecule has 0 aliphatic rings. The van der Waals surface area contributed by atoms with Gasteiger partial charge in [0.05, 0.1) is 13.5 Å². The number of rotatable bonds is 7. The molecule has 21 heavy (non-hydrogen) atoms. The number of carbonyl (C=O) groups is 2. The fourth-order valence-corrected chi connectivity index (χ4v) is 2.19. The molecule has 0 bridgehead atoms. The van der Waals surface area contributed by atoms with Gasteiger partial charge in [0, 0.05) is 10.6 Å². The molecule has 0 saturated heterocycles. The smallest absolute Gasteiger partial charge is 0.326 e. The van der Waals surface area contributed by atoms with Gasteiger partial charge in [0.15, 0.2) is 0 Å². The highest BCUT2D eigenvalue weighted by molar-refractivity contribution is 6.30. The van der Waals surface area contributed by atoms with E-state index in [1.165, 1.54) is 7.11 Å². The molecule has 0 radical (unpaired) electrons. The van der Waals surface area contributed by atoms with Crippen LogP contribution < -0.4 is 10.1 Å². The second-order valence-electron chi connectivity index (χ2n) is 5.22. The van der Waals surface area contributed by atoms with Gasteiger partial charge in [-0.25, -0.2) is 4.79 Å². The van der Waals surface area contributed by atoms with Crippen molar-refractivity contribution in [2.24, 2.45) is 5.92 Å². The van der Waals surface area contributed by atoms with E-state index in [1.54, 1.807) is 18.2 Å². The maximum atomic E-state index is 12.0. The van der Waals surface area contributed by atoms with E-state index in [4.69, 9.17) is 21.4 Å². The van der Waals surface area contributed by atoms with Crippen LogP contribution in [-0.4, -0.2) is 30.1 Å². The van der Waals surface area contributed by atoms with E-state index in [9.17, 15) is 9.59 Å². The number of methoxy groups -OCH3 is 1. The molecule has 0 aliphatic carbocycles. The zero-order valence-corrected chi connectivity index (χ0v) is 13.1. The number of benzene rings is 1. The maximum Gasteiger partial charge on any atom is 0.326 e. The summed E-state index contributed by atoms with van der Waals surface area (Å²) < 4.78 is 5.16. The third-order valence-corrected chi connectivity index (χ3v) is 3.17. The molecule has 0 saturated carbocycles. The third kappa shape index (κ3) is 5.63. The Morgan fingerprint density at radius 1 is 1.38 bits per heavy atom. The number of amides is 1. The van der Waals surface area contributed by atoms with Gasteiger partial charge in [0.25, 0.3) is 0 Å². The topological polar surface area (TPSA) is 75.6 Å². The van der Waals surface area contributed by atoms with E-state index in [0.29, 0.717) is 22.8 Å². The monoisotopic (exact) mass is 313 g/mol. The Kier molecular flexibility index (Phi) is 6.49. The molecule has 5 nitrogen and oxygen atoms in total. The molecule has 0 spiro atoms. The first-order valence-electron chi connectivity index (χ1n) is 6.68. The summed E-state index contributed by atoms with van der Waals surface area (Å²) in [6, 6.07) is 4.09. The minimum absolute atomic E-state index is 0.0195. The summed E-state index contributed by atoms with van der Waals surface area (Å²) in [5.74, 6) is -0.684. The maximum absolute atomic E-state index is 12.0. The molecular weight excluding hydrogens is 294 g/mol. The highest BCUT2D eigenvalue weighted by Gasteiger charge is 2.21. The van der Waals surface area contributed by atoms with Gasteiger partial charge in [-0.1, -0.05) is 25.4 Å². The zero-order valence-electron chi connectivity index (χ0n) is 12.4. The lowest BCUT2D eigenvalue weighted by atomic mass is 10.0. The lowest BCUT2D eigenvalue weighted by Crippen LogP contribution is -2.42. The molecule has 1 aromatic rings. The van der Waals surface area contributed by atoms with Gasteiger partial charge in [0.2, 0.25) is 5.91 Å². The quantitative estimate of drug-likeness (QED) is 0.811. The lowest BCUT2D eigenvalue weighted by Gasteiger charge is -2.17. The van der Waals surface area contributed by atoms with Crippen molar-refractivity contribution in [3.8, 4) is 5.75 Å². The molecule has 0 heterocycles. The Morgan fingerprint density at radius 3 is 2.57 bits per heavy atom. The van der Waals surface area contributed by atoms with E-state index in [1.807, 2.05) is 13.8 Å². The third-order valence-electron chi connectivity index (χ3n) is 2.93. The molecule has 6 heteroatoms. The Labute approximate surface area is 129 Å². The SMILES string of the molecule is COc1ccc(Cl)cc1CC(=O)N[C@H](CC(C)C)C(=O)O. The highest BCUT2D eigenvalue weighted by atomic mass is 35.5. The summed E-state index contributed by atoms with van der Waals surface area (Å²) >= 11 is 5.90. The second kappa shape index (κ2) is 7.88. The first kappa shape index (κ1) is 17.3. The van der Waals surface area contributed by atoms with Crippen LogP contribution >= 0.6 is 11.6 Å². The first-order valence-corrected chi connectivity index (χ1v) is 7.05. The molecule has 0 aliphatic heterocycles. The fourth-order valence-electron chi connectivity index (χ4n) is 2.00. The summed E-state index contributed by atoms with van der Waals surface area (Å²) in [4.78, 5) is 23.2. The van der Waals surface area contributed by atoms with E-state index in [-0.39, 0.29) is 18.2 Å². The lowest BCUT2D eigenvalue weighted by molar-refractivity contribution is -0.142. The number of hydrogen-bond donors (Lipinski definition) is 2. The van der Waals surface area contributed by atoms with Crippen LogP contribution in [0.25, 0.3) is 0 Å². The van der Waals surface area contributed by atoms with Crippen LogP contribution in [0.5, 0.6) is 5.75 Å². The van der Waals surface area contributed by atoms with Crippen molar-refractivity contribution in [1.29, 1.82) is 0 Å². The molecule has 1 rings (SSSR count). The number of carboxylic acid groups (broad SMARTS) is 1. The van der Waals surface area contributed by atoms with Crippen LogP contribution in [0.2, 0.25) is 5.02 Å². The molecule has 0 aromatic heterocycles. The van der Waals surface area contributed by atoms with Crippen molar-refractivity contribution in [1.82, 2.24) is 5.32 Å². The van der Waals surface area contributed by atoms with Gasteiger partial charge >= 0.3 is 5.97 Å². The van der Waals surface area contributed by atoms with Gasteiger partial charge in [-0.3, -0.25) is 4.79 Å².